The molecule has 0 aliphatic rings. The standard InChI is InChI=1S/C22H18F3N5O2/c1-13(20-27-28-29-30(20)2)26-21(31)15-6-11-18-14(12-15)4-3-5-19(18)32-17-9-7-16(8-10-17)22(23,24)25/h3-13H,1-2H3,(H,26,31)/t13-/m1/s1. The molecule has 7 nitrogen and oxygen atoms in total. The third-order valence-corrected chi connectivity index (χ3v) is 4.90. The van der Waals surface area contributed by atoms with Gasteiger partial charge in [0, 0.05) is 18.0 Å². The van der Waals surface area contributed by atoms with Gasteiger partial charge in [-0.3, -0.25) is 4.79 Å². The highest BCUT2D eigenvalue weighted by molar-refractivity contribution is 6.00. The SMILES string of the molecule is C[C@@H](NC(=O)c1ccc2c(Oc3ccc(C(F)(F)F)cc3)cccc2c1)c1nnnn1C. The summed E-state index contributed by atoms with van der Waals surface area (Å²) in [6, 6.07) is 14.5. The fraction of sp³-hybridized carbons (Fsp3) is 0.182. The molecule has 0 fully saturated rings. The Balaban J connectivity index is 1.54. The first-order chi connectivity index (χ1) is 15.2. The number of aromatic nitrogens is 4. The fourth-order valence-corrected chi connectivity index (χ4v) is 3.27. The Morgan fingerprint density at radius 1 is 1.09 bits per heavy atom. The maximum absolute atomic E-state index is 12.8. The van der Waals surface area contributed by atoms with Crippen LogP contribution in [0, 0.1) is 0 Å². The number of benzene rings is 3. The maximum atomic E-state index is 12.8. The number of nitrogens with one attached hydrogen (secondary N) is 1. The number of rotatable bonds is 5. The van der Waals surface area contributed by atoms with Crippen molar-refractivity contribution in [1.82, 2.24) is 25.5 Å². The molecule has 3 aromatic carbocycles. The van der Waals surface area contributed by atoms with Crippen LogP contribution in [0.15, 0.2) is 60.7 Å². The Bertz CT molecular complexity index is 1270. The highest BCUT2D eigenvalue weighted by atomic mass is 19.4. The van der Waals surface area contributed by atoms with Gasteiger partial charge < -0.3 is 10.1 Å². The van der Waals surface area contributed by atoms with E-state index in [9.17, 15) is 18.0 Å². The minimum absolute atomic E-state index is 0.276. The Morgan fingerprint density at radius 3 is 2.50 bits per heavy atom. The molecule has 0 saturated heterocycles. The van der Waals surface area contributed by atoms with Gasteiger partial charge in [0.15, 0.2) is 5.82 Å². The second kappa shape index (κ2) is 8.29. The molecule has 1 aromatic heterocycles. The summed E-state index contributed by atoms with van der Waals surface area (Å²) in [5.41, 5.74) is -0.309. The largest absolute Gasteiger partial charge is 0.457 e. The summed E-state index contributed by atoms with van der Waals surface area (Å²) in [4.78, 5) is 12.7. The van der Waals surface area contributed by atoms with Crippen LogP contribution in [0.25, 0.3) is 10.8 Å². The van der Waals surface area contributed by atoms with Gasteiger partial charge in [0.2, 0.25) is 0 Å². The normalized spacial score (nSPS) is 12.5. The van der Waals surface area contributed by atoms with Crippen LogP contribution in [0.5, 0.6) is 11.5 Å². The minimum Gasteiger partial charge on any atom is -0.457 e. The first kappa shape index (κ1) is 21.3. The quantitative estimate of drug-likeness (QED) is 0.487. The van der Waals surface area contributed by atoms with Crippen molar-refractivity contribution in [1.29, 1.82) is 0 Å². The molecule has 0 aliphatic carbocycles. The van der Waals surface area contributed by atoms with E-state index in [1.54, 1.807) is 44.3 Å². The summed E-state index contributed by atoms with van der Waals surface area (Å²) in [5, 5.41) is 15.5. The molecule has 164 valence electrons. The summed E-state index contributed by atoms with van der Waals surface area (Å²) < 4.78 is 45.5. The molecule has 0 spiro atoms. The van der Waals surface area contributed by atoms with Gasteiger partial charge in [0.05, 0.1) is 11.6 Å². The van der Waals surface area contributed by atoms with Crippen LogP contribution in [0.1, 0.15) is 34.7 Å². The second-order valence-electron chi connectivity index (χ2n) is 7.17. The van der Waals surface area contributed by atoms with E-state index in [0.29, 0.717) is 17.1 Å². The summed E-state index contributed by atoms with van der Waals surface area (Å²) in [6.07, 6.45) is -4.41. The topological polar surface area (TPSA) is 81.9 Å². The lowest BCUT2D eigenvalue weighted by Gasteiger charge is -2.14. The number of carbonyl (C=O) groups is 1. The molecule has 0 unspecified atom stereocenters. The van der Waals surface area contributed by atoms with Gasteiger partial charge >= 0.3 is 6.18 Å². The molecule has 10 heteroatoms. The predicted molar refractivity (Wildman–Crippen MR) is 110 cm³/mol. The first-order valence-corrected chi connectivity index (χ1v) is 9.63. The molecule has 4 rings (SSSR count). The Hall–Kier alpha value is -3.95. The number of aryl methyl sites for hydroxylation is 1. The zero-order chi connectivity index (χ0) is 22.9. The number of halogens is 3. The Morgan fingerprint density at radius 2 is 1.84 bits per heavy atom. The Kier molecular flexibility index (Phi) is 5.52. The van der Waals surface area contributed by atoms with Crippen molar-refractivity contribution in [2.45, 2.75) is 19.1 Å². The first-order valence-electron chi connectivity index (χ1n) is 9.63. The number of nitrogens with zero attached hydrogens (tertiary/aromatic N) is 4. The van der Waals surface area contributed by atoms with E-state index in [1.165, 1.54) is 16.8 Å². The van der Waals surface area contributed by atoms with Crippen molar-refractivity contribution in [3.05, 3.63) is 77.6 Å². The van der Waals surface area contributed by atoms with Crippen molar-refractivity contribution in [2.75, 3.05) is 0 Å². The monoisotopic (exact) mass is 441 g/mol. The number of amides is 1. The van der Waals surface area contributed by atoms with E-state index in [0.717, 1.165) is 22.9 Å². The minimum atomic E-state index is -4.41. The van der Waals surface area contributed by atoms with Crippen LogP contribution in [0.2, 0.25) is 0 Å². The highest BCUT2D eigenvalue weighted by Gasteiger charge is 2.30. The summed E-state index contributed by atoms with van der Waals surface area (Å²) in [6.45, 7) is 1.78. The second-order valence-corrected chi connectivity index (χ2v) is 7.17. The molecule has 0 saturated carbocycles. The fourth-order valence-electron chi connectivity index (χ4n) is 3.27. The van der Waals surface area contributed by atoms with Crippen LogP contribution >= 0.6 is 0 Å². The molecule has 1 atom stereocenters. The third-order valence-electron chi connectivity index (χ3n) is 4.90. The number of alkyl halides is 3. The van der Waals surface area contributed by atoms with Gasteiger partial charge in [-0.2, -0.15) is 13.2 Å². The molecule has 1 N–H and O–H groups in total. The van der Waals surface area contributed by atoms with Gasteiger partial charge in [-0.05, 0) is 71.3 Å². The van der Waals surface area contributed by atoms with E-state index in [-0.39, 0.29) is 11.7 Å². The number of ether oxygens (including phenoxy) is 1. The summed E-state index contributed by atoms with van der Waals surface area (Å²) in [5.74, 6) is 0.967. The number of hydrogen-bond acceptors (Lipinski definition) is 5. The number of carbonyl (C=O) groups excluding carboxylic acids is 1. The van der Waals surface area contributed by atoms with Crippen LogP contribution in [0.3, 0.4) is 0 Å². The average molecular weight is 441 g/mol. The Labute approximate surface area is 180 Å². The molecule has 0 bridgehead atoms. The molecule has 1 amide bonds. The molecule has 4 aromatic rings. The summed E-state index contributed by atoms with van der Waals surface area (Å²) in [7, 11) is 1.69. The zero-order valence-corrected chi connectivity index (χ0v) is 17.1. The number of hydrogen-bond donors (Lipinski definition) is 1. The van der Waals surface area contributed by atoms with Crippen molar-refractivity contribution >= 4 is 16.7 Å². The third kappa shape index (κ3) is 4.39. The maximum Gasteiger partial charge on any atom is 0.416 e. The molecule has 1 heterocycles. The van der Waals surface area contributed by atoms with Gasteiger partial charge in [0.1, 0.15) is 11.5 Å². The summed E-state index contributed by atoms with van der Waals surface area (Å²) >= 11 is 0. The van der Waals surface area contributed by atoms with E-state index >= 15 is 0 Å². The predicted octanol–water partition coefficient (Wildman–Crippen LogP) is 4.67. The van der Waals surface area contributed by atoms with Crippen LogP contribution in [-0.2, 0) is 13.2 Å². The van der Waals surface area contributed by atoms with Crippen LogP contribution < -0.4 is 10.1 Å². The van der Waals surface area contributed by atoms with Crippen LogP contribution in [0.4, 0.5) is 13.2 Å². The molecular formula is C22H18F3N5O2. The van der Waals surface area contributed by atoms with E-state index in [1.807, 2.05) is 6.07 Å². The molecule has 0 aliphatic heterocycles. The van der Waals surface area contributed by atoms with E-state index in [2.05, 4.69) is 20.8 Å². The smallest absolute Gasteiger partial charge is 0.416 e. The van der Waals surface area contributed by atoms with Crippen molar-refractivity contribution in [3.63, 3.8) is 0 Å². The molecular weight excluding hydrogens is 423 g/mol. The van der Waals surface area contributed by atoms with Crippen LogP contribution in [-0.4, -0.2) is 26.1 Å². The van der Waals surface area contributed by atoms with Crippen molar-refractivity contribution in [2.24, 2.45) is 7.05 Å². The number of fused-ring (bicyclic) bond motifs is 1. The van der Waals surface area contributed by atoms with Gasteiger partial charge in [-0.15, -0.1) is 5.10 Å². The molecule has 32 heavy (non-hydrogen) atoms. The highest BCUT2D eigenvalue weighted by Crippen LogP contribution is 2.33. The lowest BCUT2D eigenvalue weighted by atomic mass is 10.1. The van der Waals surface area contributed by atoms with Crippen molar-refractivity contribution in [3.8, 4) is 11.5 Å². The zero-order valence-electron chi connectivity index (χ0n) is 17.1. The van der Waals surface area contributed by atoms with E-state index < -0.39 is 17.8 Å². The number of tetrazole rings is 1. The van der Waals surface area contributed by atoms with E-state index in [4.69, 9.17) is 4.74 Å². The lowest BCUT2D eigenvalue weighted by Crippen LogP contribution is -2.28. The van der Waals surface area contributed by atoms with Crippen molar-refractivity contribution < 1.29 is 22.7 Å². The van der Waals surface area contributed by atoms with Gasteiger partial charge in [-0.25, -0.2) is 4.68 Å². The lowest BCUT2D eigenvalue weighted by molar-refractivity contribution is -0.137. The van der Waals surface area contributed by atoms with Gasteiger partial charge in [0.25, 0.3) is 5.91 Å². The average Bonchev–Trinajstić information content (AvgIpc) is 3.19. The van der Waals surface area contributed by atoms with Gasteiger partial charge in [-0.1, -0.05) is 12.1 Å². The molecule has 0 radical (unpaired) electrons.